The van der Waals surface area contributed by atoms with Gasteiger partial charge in [-0.25, -0.2) is 0 Å². The molecule has 0 radical (unpaired) electrons. The monoisotopic (exact) mass is 272 g/mol. The van der Waals surface area contributed by atoms with E-state index in [1.165, 1.54) is 22.4 Å². The van der Waals surface area contributed by atoms with Crippen LogP contribution in [0.1, 0.15) is 41.0 Å². The zero-order valence-corrected chi connectivity index (χ0v) is 12.8. The Hall–Kier alpha value is -1.65. The van der Waals surface area contributed by atoms with Crippen molar-refractivity contribution in [3.8, 4) is 0 Å². The Kier molecular flexibility index (Phi) is 4.57. The number of benzene rings is 1. The molecule has 0 aliphatic heterocycles. The Balaban J connectivity index is 2.28. The number of hydrazine groups is 1. The molecule has 0 bridgehead atoms. The second-order valence-corrected chi connectivity index (χ2v) is 5.44. The molecule has 4 heteroatoms. The van der Waals surface area contributed by atoms with Gasteiger partial charge in [0.2, 0.25) is 0 Å². The summed E-state index contributed by atoms with van der Waals surface area (Å²) < 4.78 is 2.04. The molecule has 1 aromatic heterocycles. The summed E-state index contributed by atoms with van der Waals surface area (Å²) >= 11 is 0. The van der Waals surface area contributed by atoms with Crippen molar-refractivity contribution >= 4 is 0 Å². The van der Waals surface area contributed by atoms with Gasteiger partial charge >= 0.3 is 0 Å². The van der Waals surface area contributed by atoms with Crippen LogP contribution in [0.5, 0.6) is 0 Å². The highest BCUT2D eigenvalue weighted by Gasteiger charge is 2.14. The van der Waals surface area contributed by atoms with E-state index in [0.29, 0.717) is 0 Å². The maximum absolute atomic E-state index is 5.77. The summed E-state index contributed by atoms with van der Waals surface area (Å²) in [7, 11) is 0. The molecule has 3 N–H and O–H groups in total. The van der Waals surface area contributed by atoms with Crippen LogP contribution in [0.2, 0.25) is 0 Å². The van der Waals surface area contributed by atoms with E-state index in [-0.39, 0.29) is 6.04 Å². The molecule has 0 spiro atoms. The van der Waals surface area contributed by atoms with Crippen LogP contribution in [-0.2, 0) is 13.0 Å². The third-order valence-corrected chi connectivity index (χ3v) is 3.55. The summed E-state index contributed by atoms with van der Waals surface area (Å²) in [6, 6.07) is 8.80. The van der Waals surface area contributed by atoms with Crippen molar-refractivity contribution in [1.29, 1.82) is 0 Å². The SMILES string of the molecule is CCn1nc(C)cc1CC(NN)c1cc(C)cc(C)c1. The highest BCUT2D eigenvalue weighted by molar-refractivity contribution is 5.31. The van der Waals surface area contributed by atoms with Crippen LogP contribution >= 0.6 is 0 Å². The summed E-state index contributed by atoms with van der Waals surface area (Å²) in [5.74, 6) is 5.77. The van der Waals surface area contributed by atoms with Gasteiger partial charge in [0.1, 0.15) is 0 Å². The van der Waals surface area contributed by atoms with Crippen LogP contribution in [0, 0.1) is 20.8 Å². The highest BCUT2D eigenvalue weighted by atomic mass is 15.3. The number of hydrogen-bond acceptors (Lipinski definition) is 3. The van der Waals surface area contributed by atoms with Gasteiger partial charge in [0.15, 0.2) is 0 Å². The van der Waals surface area contributed by atoms with Crippen molar-refractivity contribution in [2.45, 2.75) is 46.7 Å². The van der Waals surface area contributed by atoms with Gasteiger partial charge in [0.05, 0.1) is 11.7 Å². The molecule has 2 rings (SSSR count). The Morgan fingerprint density at radius 1 is 1.15 bits per heavy atom. The van der Waals surface area contributed by atoms with E-state index >= 15 is 0 Å². The van der Waals surface area contributed by atoms with Crippen molar-refractivity contribution in [2.75, 3.05) is 0 Å². The minimum absolute atomic E-state index is 0.106. The van der Waals surface area contributed by atoms with Crippen molar-refractivity contribution in [2.24, 2.45) is 5.84 Å². The smallest absolute Gasteiger partial charge is 0.0596 e. The Morgan fingerprint density at radius 3 is 2.35 bits per heavy atom. The number of aromatic nitrogens is 2. The lowest BCUT2D eigenvalue weighted by Crippen LogP contribution is -2.30. The number of rotatable bonds is 5. The molecule has 1 atom stereocenters. The second kappa shape index (κ2) is 6.20. The van der Waals surface area contributed by atoms with Crippen molar-refractivity contribution < 1.29 is 0 Å². The molecule has 0 saturated heterocycles. The molecular weight excluding hydrogens is 248 g/mol. The van der Waals surface area contributed by atoms with Gasteiger partial charge in [-0.1, -0.05) is 29.3 Å². The number of hydrogen-bond donors (Lipinski definition) is 2. The quantitative estimate of drug-likeness (QED) is 0.650. The Morgan fingerprint density at radius 2 is 1.80 bits per heavy atom. The summed E-state index contributed by atoms with van der Waals surface area (Å²) in [5.41, 5.74) is 8.97. The first-order valence-corrected chi connectivity index (χ1v) is 7.11. The average molecular weight is 272 g/mol. The van der Waals surface area contributed by atoms with E-state index in [4.69, 9.17) is 5.84 Å². The first-order valence-electron chi connectivity index (χ1n) is 7.11. The largest absolute Gasteiger partial charge is 0.271 e. The average Bonchev–Trinajstić information content (AvgIpc) is 2.74. The van der Waals surface area contributed by atoms with E-state index < -0.39 is 0 Å². The Labute approximate surface area is 121 Å². The Bertz CT molecular complexity index is 566. The minimum Gasteiger partial charge on any atom is -0.271 e. The molecule has 0 saturated carbocycles. The standard InChI is InChI=1S/C16H24N4/c1-5-20-15(9-13(4)19-20)10-16(18-17)14-7-11(2)6-12(3)8-14/h6-9,16,18H,5,10,17H2,1-4H3. The van der Waals surface area contributed by atoms with Crippen LogP contribution in [0.4, 0.5) is 0 Å². The van der Waals surface area contributed by atoms with Gasteiger partial charge in [-0.15, -0.1) is 0 Å². The lowest BCUT2D eigenvalue weighted by Gasteiger charge is -2.18. The van der Waals surface area contributed by atoms with Crippen LogP contribution in [0.3, 0.4) is 0 Å². The number of aryl methyl sites for hydroxylation is 4. The second-order valence-electron chi connectivity index (χ2n) is 5.44. The number of nitrogens with two attached hydrogens (primary N) is 1. The molecule has 0 amide bonds. The summed E-state index contributed by atoms with van der Waals surface area (Å²) in [6.07, 6.45) is 0.841. The van der Waals surface area contributed by atoms with Gasteiger partial charge < -0.3 is 0 Å². The third kappa shape index (κ3) is 3.26. The maximum Gasteiger partial charge on any atom is 0.0596 e. The van der Waals surface area contributed by atoms with Crippen LogP contribution in [-0.4, -0.2) is 9.78 Å². The predicted molar refractivity (Wildman–Crippen MR) is 82.3 cm³/mol. The molecule has 1 aromatic carbocycles. The maximum atomic E-state index is 5.77. The van der Waals surface area contributed by atoms with Gasteiger partial charge in [0.25, 0.3) is 0 Å². The van der Waals surface area contributed by atoms with Gasteiger partial charge in [-0.05, 0) is 39.3 Å². The predicted octanol–water partition coefficient (Wildman–Crippen LogP) is 2.58. The van der Waals surface area contributed by atoms with Crippen molar-refractivity contribution in [1.82, 2.24) is 15.2 Å². The zero-order chi connectivity index (χ0) is 14.7. The van der Waals surface area contributed by atoms with Crippen LogP contribution in [0.15, 0.2) is 24.3 Å². The van der Waals surface area contributed by atoms with Crippen molar-refractivity contribution in [3.05, 3.63) is 52.3 Å². The fraction of sp³-hybridized carbons (Fsp3) is 0.438. The van der Waals surface area contributed by atoms with E-state index in [9.17, 15) is 0 Å². The molecule has 2 aromatic rings. The molecule has 1 heterocycles. The first-order chi connectivity index (χ1) is 9.53. The minimum atomic E-state index is 0.106. The lowest BCUT2D eigenvalue weighted by molar-refractivity contribution is 0.516. The van der Waals surface area contributed by atoms with Crippen molar-refractivity contribution in [3.63, 3.8) is 0 Å². The molecule has 20 heavy (non-hydrogen) atoms. The van der Waals surface area contributed by atoms with Gasteiger partial charge in [0, 0.05) is 18.7 Å². The normalized spacial score (nSPS) is 12.7. The number of nitrogens with one attached hydrogen (secondary N) is 1. The molecule has 0 aliphatic rings. The zero-order valence-electron chi connectivity index (χ0n) is 12.8. The fourth-order valence-electron chi connectivity index (χ4n) is 2.73. The highest BCUT2D eigenvalue weighted by Crippen LogP contribution is 2.21. The summed E-state index contributed by atoms with van der Waals surface area (Å²) in [6.45, 7) is 9.25. The molecule has 4 nitrogen and oxygen atoms in total. The molecule has 108 valence electrons. The third-order valence-electron chi connectivity index (χ3n) is 3.55. The molecule has 1 unspecified atom stereocenters. The van der Waals surface area contributed by atoms with Crippen LogP contribution < -0.4 is 11.3 Å². The molecule has 0 fully saturated rings. The van der Waals surface area contributed by atoms with E-state index in [1.807, 2.05) is 11.6 Å². The summed E-state index contributed by atoms with van der Waals surface area (Å²) in [5, 5.41) is 4.49. The van der Waals surface area contributed by atoms with Gasteiger partial charge in [-0.2, -0.15) is 5.10 Å². The molecular formula is C16H24N4. The topological polar surface area (TPSA) is 55.9 Å². The van der Waals surface area contributed by atoms with Crippen LogP contribution in [0.25, 0.3) is 0 Å². The van der Waals surface area contributed by atoms with E-state index in [2.05, 4.69) is 55.6 Å². The van der Waals surface area contributed by atoms with E-state index in [0.717, 1.165) is 18.7 Å². The first kappa shape index (κ1) is 14.8. The number of nitrogens with zero attached hydrogens (tertiary/aromatic N) is 2. The lowest BCUT2D eigenvalue weighted by atomic mass is 9.98. The fourth-order valence-corrected chi connectivity index (χ4v) is 2.73. The molecule has 0 aliphatic carbocycles. The van der Waals surface area contributed by atoms with Gasteiger partial charge in [-0.3, -0.25) is 16.0 Å². The van der Waals surface area contributed by atoms with E-state index in [1.54, 1.807) is 0 Å². The summed E-state index contributed by atoms with van der Waals surface area (Å²) in [4.78, 5) is 0.